The second kappa shape index (κ2) is 8.33. The van der Waals surface area contributed by atoms with Gasteiger partial charge in [-0.1, -0.05) is 13.8 Å². The van der Waals surface area contributed by atoms with E-state index in [0.717, 1.165) is 5.82 Å². The molecule has 0 unspecified atom stereocenters. The summed E-state index contributed by atoms with van der Waals surface area (Å²) >= 11 is 0. The first kappa shape index (κ1) is 19.1. The number of nitrogens with zero attached hydrogens (tertiary/aromatic N) is 4. The molecule has 2 aromatic rings. The summed E-state index contributed by atoms with van der Waals surface area (Å²) in [5, 5.41) is 0. The fourth-order valence-electron chi connectivity index (χ4n) is 2.93. The number of halogens is 1. The molecule has 0 saturated carbocycles. The van der Waals surface area contributed by atoms with Crippen molar-refractivity contribution < 1.29 is 13.9 Å². The molecule has 0 spiro atoms. The smallest absolute Gasteiger partial charge is 0.253 e. The number of aryl methyl sites for hydroxylation is 1. The number of hydrogen-bond donors (Lipinski definition) is 0. The number of anilines is 1. The normalized spacial score (nSPS) is 14.6. The third-order valence-electron chi connectivity index (χ3n) is 4.49. The van der Waals surface area contributed by atoms with Gasteiger partial charge in [0, 0.05) is 37.8 Å². The lowest BCUT2D eigenvalue weighted by Gasteiger charge is -2.35. The van der Waals surface area contributed by atoms with Crippen LogP contribution in [0.25, 0.3) is 0 Å². The molecule has 0 bridgehead atoms. The Bertz CT molecular complexity index is 804. The van der Waals surface area contributed by atoms with Crippen LogP contribution in [-0.2, 0) is 0 Å². The van der Waals surface area contributed by atoms with Gasteiger partial charge in [-0.2, -0.15) is 0 Å². The van der Waals surface area contributed by atoms with Crippen LogP contribution in [0.5, 0.6) is 5.88 Å². The van der Waals surface area contributed by atoms with Gasteiger partial charge in [-0.05, 0) is 36.6 Å². The van der Waals surface area contributed by atoms with E-state index in [4.69, 9.17) is 4.74 Å². The van der Waals surface area contributed by atoms with Gasteiger partial charge in [0.25, 0.3) is 5.91 Å². The predicted molar refractivity (Wildman–Crippen MR) is 102 cm³/mol. The molecule has 7 heteroatoms. The first-order valence-corrected chi connectivity index (χ1v) is 9.19. The maximum absolute atomic E-state index is 13.4. The molecular formula is C20H25FN4O2. The van der Waals surface area contributed by atoms with Crippen LogP contribution in [0.3, 0.4) is 0 Å². The first-order valence-electron chi connectivity index (χ1n) is 9.19. The van der Waals surface area contributed by atoms with Crippen molar-refractivity contribution in [1.82, 2.24) is 14.9 Å². The monoisotopic (exact) mass is 372 g/mol. The Labute approximate surface area is 159 Å². The van der Waals surface area contributed by atoms with Crippen LogP contribution in [0.15, 0.2) is 30.6 Å². The zero-order valence-corrected chi connectivity index (χ0v) is 16.0. The summed E-state index contributed by atoms with van der Waals surface area (Å²) in [5.41, 5.74) is 1.00. The molecular weight excluding hydrogens is 347 g/mol. The summed E-state index contributed by atoms with van der Waals surface area (Å²) in [5.74, 6) is 1.42. The molecule has 2 heterocycles. The van der Waals surface area contributed by atoms with Crippen LogP contribution in [0.1, 0.15) is 29.8 Å². The third-order valence-corrected chi connectivity index (χ3v) is 4.49. The van der Waals surface area contributed by atoms with Crippen molar-refractivity contribution in [3.63, 3.8) is 0 Å². The van der Waals surface area contributed by atoms with E-state index in [-0.39, 0.29) is 11.7 Å². The Balaban J connectivity index is 1.60. The number of rotatable bonds is 5. The Kier molecular flexibility index (Phi) is 5.88. The number of aromatic nitrogens is 2. The topological polar surface area (TPSA) is 58.6 Å². The number of hydrogen-bond acceptors (Lipinski definition) is 5. The molecule has 27 heavy (non-hydrogen) atoms. The minimum absolute atomic E-state index is 0.0682. The van der Waals surface area contributed by atoms with E-state index in [2.05, 4.69) is 28.7 Å². The number of benzene rings is 1. The van der Waals surface area contributed by atoms with Gasteiger partial charge in [0.05, 0.1) is 6.61 Å². The van der Waals surface area contributed by atoms with Crippen LogP contribution < -0.4 is 9.64 Å². The molecule has 1 aliphatic rings. The second-order valence-corrected chi connectivity index (χ2v) is 7.16. The minimum atomic E-state index is -0.296. The van der Waals surface area contributed by atoms with Gasteiger partial charge in [-0.3, -0.25) is 4.79 Å². The largest absolute Gasteiger partial charge is 0.477 e. The summed E-state index contributed by atoms with van der Waals surface area (Å²) in [6.45, 7) is 8.96. The zero-order chi connectivity index (χ0) is 19.4. The highest BCUT2D eigenvalue weighted by atomic mass is 19.1. The average molecular weight is 372 g/mol. The molecule has 1 fully saturated rings. The summed E-state index contributed by atoms with van der Waals surface area (Å²) < 4.78 is 19.1. The predicted octanol–water partition coefficient (Wildman–Crippen LogP) is 2.92. The SMILES string of the molecule is Cc1cc(C(=O)N2CCN(c3cc(OCC(C)C)ncn3)CC2)ccc1F. The van der Waals surface area contributed by atoms with Crippen LogP contribution >= 0.6 is 0 Å². The van der Waals surface area contributed by atoms with Gasteiger partial charge in [0.2, 0.25) is 5.88 Å². The fraction of sp³-hybridized carbons (Fsp3) is 0.450. The fourth-order valence-corrected chi connectivity index (χ4v) is 2.93. The molecule has 3 rings (SSSR count). The van der Waals surface area contributed by atoms with E-state index in [1.165, 1.54) is 12.4 Å². The lowest BCUT2D eigenvalue weighted by atomic mass is 10.1. The minimum Gasteiger partial charge on any atom is -0.477 e. The van der Waals surface area contributed by atoms with Gasteiger partial charge < -0.3 is 14.5 Å². The molecule has 0 atom stereocenters. The Hall–Kier alpha value is -2.70. The summed E-state index contributed by atoms with van der Waals surface area (Å²) in [6, 6.07) is 6.33. The number of carbonyl (C=O) groups excluding carboxylic acids is 1. The third kappa shape index (κ3) is 4.72. The molecule has 1 aliphatic heterocycles. The van der Waals surface area contributed by atoms with E-state index in [0.29, 0.717) is 55.7 Å². The van der Waals surface area contributed by atoms with Gasteiger partial charge in [-0.15, -0.1) is 0 Å². The van der Waals surface area contributed by atoms with E-state index in [9.17, 15) is 9.18 Å². The number of ether oxygens (including phenoxy) is 1. The van der Waals surface area contributed by atoms with E-state index < -0.39 is 0 Å². The van der Waals surface area contributed by atoms with E-state index in [1.54, 1.807) is 24.0 Å². The lowest BCUT2D eigenvalue weighted by Crippen LogP contribution is -2.49. The lowest BCUT2D eigenvalue weighted by molar-refractivity contribution is 0.0746. The van der Waals surface area contributed by atoms with Gasteiger partial charge in [0.1, 0.15) is 18.0 Å². The van der Waals surface area contributed by atoms with Crippen molar-refractivity contribution >= 4 is 11.7 Å². The molecule has 1 saturated heterocycles. The highest BCUT2D eigenvalue weighted by Crippen LogP contribution is 2.19. The van der Waals surface area contributed by atoms with Gasteiger partial charge in [0.15, 0.2) is 0 Å². The van der Waals surface area contributed by atoms with Crippen molar-refractivity contribution in [2.75, 3.05) is 37.7 Å². The zero-order valence-electron chi connectivity index (χ0n) is 16.0. The molecule has 1 aromatic heterocycles. The molecule has 0 N–H and O–H groups in total. The molecule has 1 amide bonds. The average Bonchev–Trinajstić information content (AvgIpc) is 2.68. The van der Waals surface area contributed by atoms with Crippen molar-refractivity contribution in [1.29, 1.82) is 0 Å². The molecule has 144 valence electrons. The van der Waals surface area contributed by atoms with E-state index >= 15 is 0 Å². The van der Waals surface area contributed by atoms with Crippen molar-refractivity contribution in [2.45, 2.75) is 20.8 Å². The maximum Gasteiger partial charge on any atom is 0.253 e. The number of piperazine rings is 1. The van der Waals surface area contributed by atoms with Crippen LogP contribution in [0, 0.1) is 18.7 Å². The summed E-state index contributed by atoms with van der Waals surface area (Å²) in [4.78, 5) is 25.0. The Morgan fingerprint density at radius 3 is 2.59 bits per heavy atom. The molecule has 0 aliphatic carbocycles. The highest BCUT2D eigenvalue weighted by molar-refractivity contribution is 5.94. The Morgan fingerprint density at radius 2 is 1.93 bits per heavy atom. The molecule has 0 radical (unpaired) electrons. The molecule has 6 nitrogen and oxygen atoms in total. The highest BCUT2D eigenvalue weighted by Gasteiger charge is 2.23. The molecule has 1 aromatic carbocycles. The Morgan fingerprint density at radius 1 is 1.19 bits per heavy atom. The summed E-state index contributed by atoms with van der Waals surface area (Å²) in [6.07, 6.45) is 1.50. The second-order valence-electron chi connectivity index (χ2n) is 7.16. The summed E-state index contributed by atoms with van der Waals surface area (Å²) in [7, 11) is 0. The van der Waals surface area contributed by atoms with Crippen molar-refractivity contribution in [2.24, 2.45) is 5.92 Å². The van der Waals surface area contributed by atoms with Crippen LogP contribution in [0.4, 0.5) is 10.2 Å². The van der Waals surface area contributed by atoms with Crippen molar-refractivity contribution in [3.8, 4) is 5.88 Å². The standard InChI is InChI=1S/C20H25FN4O2/c1-14(2)12-27-19-11-18(22-13-23-19)24-6-8-25(9-7-24)20(26)16-4-5-17(21)15(3)10-16/h4-5,10-11,13-14H,6-9,12H2,1-3H3. The maximum atomic E-state index is 13.4. The number of amides is 1. The van der Waals surface area contributed by atoms with E-state index in [1.807, 2.05) is 6.07 Å². The van der Waals surface area contributed by atoms with Crippen LogP contribution in [-0.4, -0.2) is 53.6 Å². The van der Waals surface area contributed by atoms with Gasteiger partial charge in [-0.25, -0.2) is 14.4 Å². The first-order chi connectivity index (χ1) is 12.9. The quantitative estimate of drug-likeness (QED) is 0.808. The van der Waals surface area contributed by atoms with Crippen molar-refractivity contribution in [3.05, 3.63) is 47.5 Å². The van der Waals surface area contributed by atoms with Gasteiger partial charge >= 0.3 is 0 Å². The van der Waals surface area contributed by atoms with Crippen LogP contribution in [0.2, 0.25) is 0 Å². The number of carbonyl (C=O) groups is 1.